The Hall–Kier alpha value is -1.31. The van der Waals surface area contributed by atoms with Crippen LogP contribution in [-0.2, 0) is 10.3 Å². The Balaban J connectivity index is 3.21. The van der Waals surface area contributed by atoms with Crippen molar-refractivity contribution < 1.29 is 9.53 Å². The number of benzene rings is 1. The molecular formula is C11H12ClNO2. The van der Waals surface area contributed by atoms with Crippen molar-refractivity contribution in [1.82, 2.24) is 0 Å². The molecule has 0 aliphatic carbocycles. The molecule has 1 aromatic carbocycles. The van der Waals surface area contributed by atoms with Crippen LogP contribution in [0.5, 0.6) is 5.75 Å². The van der Waals surface area contributed by atoms with Crippen molar-refractivity contribution in [2.24, 2.45) is 4.99 Å². The maximum Gasteiger partial charge on any atom is 0.235 e. The van der Waals surface area contributed by atoms with E-state index in [0.29, 0.717) is 10.8 Å². The highest BCUT2D eigenvalue weighted by Crippen LogP contribution is 2.33. The van der Waals surface area contributed by atoms with Crippen LogP contribution >= 0.6 is 11.6 Å². The first-order chi connectivity index (χ1) is 7.01. The van der Waals surface area contributed by atoms with Gasteiger partial charge in [-0.3, -0.25) is 0 Å². The third-order valence-electron chi connectivity index (χ3n) is 2.16. The highest BCUT2D eigenvalue weighted by Gasteiger charge is 2.22. The van der Waals surface area contributed by atoms with E-state index in [0.717, 1.165) is 5.56 Å². The van der Waals surface area contributed by atoms with Crippen LogP contribution in [0, 0.1) is 0 Å². The lowest BCUT2D eigenvalue weighted by Crippen LogP contribution is -2.14. The van der Waals surface area contributed by atoms with Crippen LogP contribution in [0.1, 0.15) is 19.4 Å². The van der Waals surface area contributed by atoms with Crippen molar-refractivity contribution in [1.29, 1.82) is 0 Å². The van der Waals surface area contributed by atoms with Gasteiger partial charge in [0.2, 0.25) is 6.08 Å². The Morgan fingerprint density at radius 1 is 1.47 bits per heavy atom. The SMILES string of the molecule is COc1ccc(C(C)(C)N=C=O)c(Cl)c1. The van der Waals surface area contributed by atoms with Gasteiger partial charge >= 0.3 is 0 Å². The maximum atomic E-state index is 10.3. The molecular weight excluding hydrogens is 214 g/mol. The first-order valence-electron chi connectivity index (χ1n) is 4.44. The maximum absolute atomic E-state index is 10.3. The number of isocyanates is 1. The van der Waals surface area contributed by atoms with E-state index in [9.17, 15) is 4.79 Å². The molecule has 0 saturated carbocycles. The molecule has 3 nitrogen and oxygen atoms in total. The summed E-state index contributed by atoms with van der Waals surface area (Å²) in [6.07, 6.45) is 1.55. The van der Waals surface area contributed by atoms with Crippen LogP contribution in [0.2, 0.25) is 5.02 Å². The summed E-state index contributed by atoms with van der Waals surface area (Å²) in [5.74, 6) is 0.676. The van der Waals surface area contributed by atoms with E-state index >= 15 is 0 Å². The molecule has 0 aliphatic rings. The quantitative estimate of drug-likeness (QED) is 0.586. The molecule has 0 heterocycles. The standard InChI is InChI=1S/C11H12ClNO2/c1-11(2,13-7-14)9-5-4-8(15-3)6-10(9)12/h4-6H,1-3H3. The molecule has 0 saturated heterocycles. The van der Waals surface area contributed by atoms with Gasteiger partial charge in [0.05, 0.1) is 12.6 Å². The Labute approximate surface area is 93.7 Å². The summed E-state index contributed by atoms with van der Waals surface area (Å²) >= 11 is 6.06. The fraction of sp³-hybridized carbons (Fsp3) is 0.364. The Bertz CT molecular complexity index is 409. The topological polar surface area (TPSA) is 38.7 Å². The number of methoxy groups -OCH3 is 1. The molecule has 0 amide bonds. The minimum absolute atomic E-state index is 0.526. The molecule has 0 spiro atoms. The van der Waals surface area contributed by atoms with Gasteiger partial charge in [0.15, 0.2) is 0 Å². The van der Waals surface area contributed by atoms with Crippen LogP contribution in [0.15, 0.2) is 23.2 Å². The second kappa shape index (κ2) is 4.47. The number of hydrogen-bond acceptors (Lipinski definition) is 3. The van der Waals surface area contributed by atoms with Gasteiger partial charge in [-0.15, -0.1) is 0 Å². The number of ether oxygens (including phenoxy) is 1. The summed E-state index contributed by atoms with van der Waals surface area (Å²) < 4.78 is 5.03. The highest BCUT2D eigenvalue weighted by molar-refractivity contribution is 6.31. The van der Waals surface area contributed by atoms with Gasteiger partial charge in [-0.2, -0.15) is 4.99 Å². The number of hydrogen-bond donors (Lipinski definition) is 0. The Morgan fingerprint density at radius 3 is 2.60 bits per heavy atom. The predicted molar refractivity (Wildman–Crippen MR) is 59.2 cm³/mol. The summed E-state index contributed by atoms with van der Waals surface area (Å²) in [5.41, 5.74) is 0.110. The van der Waals surface area contributed by atoms with Gasteiger partial charge in [0.25, 0.3) is 0 Å². The van der Waals surface area contributed by atoms with E-state index in [2.05, 4.69) is 4.99 Å². The zero-order valence-electron chi connectivity index (χ0n) is 8.87. The Kier molecular flexibility index (Phi) is 3.51. The molecule has 0 N–H and O–H groups in total. The van der Waals surface area contributed by atoms with Gasteiger partial charge in [-0.25, -0.2) is 4.79 Å². The predicted octanol–water partition coefficient (Wildman–Crippen LogP) is 2.92. The Morgan fingerprint density at radius 2 is 2.13 bits per heavy atom. The summed E-state index contributed by atoms with van der Waals surface area (Å²) in [6.45, 7) is 3.59. The normalized spacial score (nSPS) is 10.7. The smallest absolute Gasteiger partial charge is 0.235 e. The minimum Gasteiger partial charge on any atom is -0.497 e. The zero-order chi connectivity index (χ0) is 11.5. The first-order valence-corrected chi connectivity index (χ1v) is 4.82. The van der Waals surface area contributed by atoms with E-state index < -0.39 is 5.54 Å². The van der Waals surface area contributed by atoms with Crippen LogP contribution in [0.25, 0.3) is 0 Å². The van der Waals surface area contributed by atoms with E-state index in [1.807, 2.05) is 0 Å². The summed E-state index contributed by atoms with van der Waals surface area (Å²) in [7, 11) is 1.57. The summed E-state index contributed by atoms with van der Waals surface area (Å²) in [6, 6.07) is 5.27. The molecule has 4 heteroatoms. The monoisotopic (exact) mass is 225 g/mol. The van der Waals surface area contributed by atoms with Gasteiger partial charge in [0, 0.05) is 5.02 Å². The summed E-state index contributed by atoms with van der Waals surface area (Å²) in [5, 5.41) is 0.526. The van der Waals surface area contributed by atoms with Crippen molar-refractivity contribution >= 4 is 17.7 Å². The number of nitrogens with zero attached hydrogens (tertiary/aromatic N) is 1. The number of rotatable bonds is 3. The van der Waals surface area contributed by atoms with Gasteiger partial charge in [-0.1, -0.05) is 17.7 Å². The number of carbonyl (C=O) groups excluding carboxylic acids is 1. The fourth-order valence-corrected chi connectivity index (χ4v) is 1.70. The molecule has 1 aromatic rings. The van der Waals surface area contributed by atoms with Crippen LogP contribution in [0.3, 0.4) is 0 Å². The van der Waals surface area contributed by atoms with Gasteiger partial charge < -0.3 is 4.74 Å². The fourth-order valence-electron chi connectivity index (χ4n) is 1.29. The third kappa shape index (κ3) is 2.58. The molecule has 0 aliphatic heterocycles. The average Bonchev–Trinajstić information content (AvgIpc) is 2.17. The van der Waals surface area contributed by atoms with Crippen molar-refractivity contribution in [3.8, 4) is 5.75 Å². The van der Waals surface area contributed by atoms with Crippen molar-refractivity contribution in [2.45, 2.75) is 19.4 Å². The van der Waals surface area contributed by atoms with Gasteiger partial charge in [0.1, 0.15) is 5.75 Å². The molecule has 15 heavy (non-hydrogen) atoms. The van der Waals surface area contributed by atoms with Crippen LogP contribution in [0.4, 0.5) is 0 Å². The number of halogens is 1. The minimum atomic E-state index is -0.662. The van der Waals surface area contributed by atoms with E-state index in [1.165, 1.54) is 0 Å². The van der Waals surface area contributed by atoms with Gasteiger partial charge in [-0.05, 0) is 31.5 Å². The number of aliphatic imine (C=N–C) groups is 1. The van der Waals surface area contributed by atoms with E-state index in [-0.39, 0.29) is 0 Å². The van der Waals surface area contributed by atoms with Crippen molar-refractivity contribution in [3.05, 3.63) is 28.8 Å². The highest BCUT2D eigenvalue weighted by atomic mass is 35.5. The molecule has 0 fully saturated rings. The zero-order valence-corrected chi connectivity index (χ0v) is 9.63. The molecule has 1 rings (SSSR count). The molecule has 0 aromatic heterocycles. The van der Waals surface area contributed by atoms with E-state index in [1.54, 1.807) is 45.2 Å². The lowest BCUT2D eigenvalue weighted by molar-refractivity contribution is 0.414. The van der Waals surface area contributed by atoms with Crippen molar-refractivity contribution in [2.75, 3.05) is 7.11 Å². The lowest BCUT2D eigenvalue weighted by atomic mass is 9.95. The molecule has 0 bridgehead atoms. The molecule has 0 atom stereocenters. The molecule has 0 unspecified atom stereocenters. The lowest BCUT2D eigenvalue weighted by Gasteiger charge is -2.19. The summed E-state index contributed by atoms with van der Waals surface area (Å²) in [4.78, 5) is 14.0. The van der Waals surface area contributed by atoms with Crippen LogP contribution in [-0.4, -0.2) is 13.2 Å². The first kappa shape index (κ1) is 11.8. The van der Waals surface area contributed by atoms with Crippen LogP contribution < -0.4 is 4.74 Å². The second-order valence-corrected chi connectivity index (χ2v) is 4.02. The third-order valence-corrected chi connectivity index (χ3v) is 2.47. The largest absolute Gasteiger partial charge is 0.497 e. The van der Waals surface area contributed by atoms with E-state index in [4.69, 9.17) is 16.3 Å². The molecule has 0 radical (unpaired) electrons. The second-order valence-electron chi connectivity index (χ2n) is 3.61. The molecule has 80 valence electrons. The van der Waals surface area contributed by atoms with Crippen molar-refractivity contribution in [3.63, 3.8) is 0 Å². The average molecular weight is 226 g/mol.